The lowest BCUT2D eigenvalue weighted by molar-refractivity contribution is 0.111. The summed E-state index contributed by atoms with van der Waals surface area (Å²) in [7, 11) is 1.49. The normalized spacial score (nSPS) is 9.94. The number of hydrogen-bond acceptors (Lipinski definition) is 4. The molecule has 0 aromatic carbocycles. The minimum absolute atomic E-state index is 0.247. The highest BCUT2D eigenvalue weighted by molar-refractivity contribution is 9.10. The monoisotopic (exact) mass is 287 g/mol. The average molecular weight is 288 g/mol. The van der Waals surface area contributed by atoms with Gasteiger partial charge in [-0.3, -0.25) is 4.79 Å². The Morgan fingerprint density at radius 1 is 1.50 bits per heavy atom. The number of nitrogens with zero attached hydrogens (tertiary/aromatic N) is 1. The number of carbonyl (C=O) groups is 1. The lowest BCUT2D eigenvalue weighted by Crippen LogP contribution is -2.03. The molecule has 0 fully saturated rings. The van der Waals surface area contributed by atoms with Gasteiger partial charge < -0.3 is 9.47 Å². The Morgan fingerprint density at radius 3 is 2.81 bits per heavy atom. The number of pyridine rings is 1. The van der Waals surface area contributed by atoms with Crippen LogP contribution in [-0.4, -0.2) is 25.0 Å². The molecule has 0 aliphatic carbocycles. The summed E-state index contributed by atoms with van der Waals surface area (Å²) in [5.41, 5.74) is 0.247. The summed E-state index contributed by atoms with van der Waals surface area (Å²) in [6.45, 7) is 2.67. The van der Waals surface area contributed by atoms with Crippen molar-refractivity contribution in [1.29, 1.82) is 0 Å². The second kappa shape index (κ2) is 6.48. The number of halogens is 1. The van der Waals surface area contributed by atoms with E-state index in [0.717, 1.165) is 12.8 Å². The number of unbranched alkanes of at least 4 members (excludes halogenated alkanes) is 1. The molecule has 0 N–H and O–H groups in total. The molecule has 5 heteroatoms. The second-order valence-corrected chi connectivity index (χ2v) is 4.03. The van der Waals surface area contributed by atoms with Crippen LogP contribution in [0.4, 0.5) is 0 Å². The van der Waals surface area contributed by atoms with E-state index in [9.17, 15) is 4.79 Å². The molecule has 16 heavy (non-hydrogen) atoms. The molecule has 0 unspecified atom stereocenters. The molecular formula is C11H14BrNO3. The fourth-order valence-corrected chi connectivity index (χ4v) is 1.60. The van der Waals surface area contributed by atoms with E-state index in [1.54, 1.807) is 0 Å². The third kappa shape index (κ3) is 2.95. The van der Waals surface area contributed by atoms with Crippen molar-refractivity contribution >= 4 is 22.2 Å². The highest BCUT2D eigenvalue weighted by atomic mass is 79.9. The minimum atomic E-state index is 0.247. The summed E-state index contributed by atoms with van der Waals surface area (Å²) >= 11 is 3.32. The highest BCUT2D eigenvalue weighted by Crippen LogP contribution is 2.36. The molecule has 0 atom stereocenters. The Kier molecular flexibility index (Phi) is 5.25. The quantitative estimate of drug-likeness (QED) is 0.596. The van der Waals surface area contributed by atoms with Crippen molar-refractivity contribution in [2.75, 3.05) is 13.7 Å². The molecule has 0 aliphatic heterocycles. The maximum Gasteiger partial charge on any atom is 0.191 e. The van der Waals surface area contributed by atoms with Crippen molar-refractivity contribution in [3.63, 3.8) is 0 Å². The Balaban J connectivity index is 2.98. The van der Waals surface area contributed by atoms with Crippen LogP contribution in [0.3, 0.4) is 0 Å². The van der Waals surface area contributed by atoms with Gasteiger partial charge in [0.25, 0.3) is 0 Å². The molecular weight excluding hydrogens is 274 g/mol. The molecule has 0 aliphatic rings. The Morgan fingerprint density at radius 2 is 2.25 bits per heavy atom. The number of rotatable bonds is 6. The van der Waals surface area contributed by atoms with Crippen molar-refractivity contribution < 1.29 is 14.3 Å². The van der Waals surface area contributed by atoms with Gasteiger partial charge in [0.05, 0.1) is 18.2 Å². The highest BCUT2D eigenvalue weighted by Gasteiger charge is 2.15. The number of aldehydes is 1. The maximum atomic E-state index is 10.8. The Hall–Kier alpha value is -1.10. The first-order valence-electron chi connectivity index (χ1n) is 5.05. The first-order valence-corrected chi connectivity index (χ1v) is 5.84. The van der Waals surface area contributed by atoms with E-state index >= 15 is 0 Å². The van der Waals surface area contributed by atoms with Gasteiger partial charge in [-0.1, -0.05) is 13.3 Å². The van der Waals surface area contributed by atoms with Crippen molar-refractivity contribution in [2.45, 2.75) is 19.8 Å². The molecule has 1 aromatic rings. The molecule has 1 heterocycles. The zero-order valence-electron chi connectivity index (χ0n) is 9.33. The summed E-state index contributed by atoms with van der Waals surface area (Å²) in [6, 6.07) is 0. The van der Waals surface area contributed by atoms with E-state index in [1.165, 1.54) is 13.3 Å². The fraction of sp³-hybridized carbons (Fsp3) is 0.455. The molecule has 1 aromatic heterocycles. The lowest BCUT2D eigenvalue weighted by atomic mass is 10.3. The van der Waals surface area contributed by atoms with Gasteiger partial charge in [-0.25, -0.2) is 4.98 Å². The molecule has 0 amide bonds. The second-order valence-electron chi connectivity index (χ2n) is 3.17. The first-order chi connectivity index (χ1) is 7.74. The molecule has 0 saturated heterocycles. The third-order valence-corrected chi connectivity index (χ3v) is 2.60. The van der Waals surface area contributed by atoms with Gasteiger partial charge in [0.2, 0.25) is 0 Å². The summed E-state index contributed by atoms with van der Waals surface area (Å²) in [5, 5.41) is 0. The smallest absolute Gasteiger partial charge is 0.191 e. The number of aromatic nitrogens is 1. The molecule has 0 saturated carbocycles. The van der Waals surface area contributed by atoms with Crippen molar-refractivity contribution in [3.05, 3.63) is 16.4 Å². The van der Waals surface area contributed by atoms with Crippen molar-refractivity contribution in [2.24, 2.45) is 0 Å². The summed E-state index contributed by atoms with van der Waals surface area (Å²) in [6.07, 6.45) is 4.19. The molecule has 88 valence electrons. The van der Waals surface area contributed by atoms with Gasteiger partial charge in [-0.05, 0) is 22.4 Å². The van der Waals surface area contributed by atoms with Crippen LogP contribution in [0.2, 0.25) is 0 Å². The molecule has 1 rings (SSSR count). The zero-order valence-corrected chi connectivity index (χ0v) is 10.9. The summed E-state index contributed by atoms with van der Waals surface area (Å²) in [4.78, 5) is 14.7. The standard InChI is InChI=1S/C11H14BrNO3/c1-3-4-5-16-10-8(12)6-13-9(7-14)11(10)15-2/h6-7H,3-5H2,1-2H3. The number of ether oxygens (including phenoxy) is 2. The van der Waals surface area contributed by atoms with E-state index in [-0.39, 0.29) is 5.69 Å². The van der Waals surface area contributed by atoms with Crippen LogP contribution in [0.5, 0.6) is 11.5 Å². The van der Waals surface area contributed by atoms with E-state index in [0.29, 0.717) is 28.9 Å². The van der Waals surface area contributed by atoms with Crippen LogP contribution < -0.4 is 9.47 Å². The summed E-state index contributed by atoms with van der Waals surface area (Å²) < 4.78 is 11.4. The van der Waals surface area contributed by atoms with Gasteiger partial charge in [-0.15, -0.1) is 0 Å². The van der Waals surface area contributed by atoms with Crippen LogP contribution in [0.1, 0.15) is 30.3 Å². The topological polar surface area (TPSA) is 48.4 Å². The predicted octanol–water partition coefficient (Wildman–Crippen LogP) is 2.84. The lowest BCUT2D eigenvalue weighted by Gasteiger charge is -2.12. The van der Waals surface area contributed by atoms with E-state index in [1.807, 2.05) is 0 Å². The van der Waals surface area contributed by atoms with Gasteiger partial charge in [0.15, 0.2) is 17.8 Å². The average Bonchev–Trinajstić information content (AvgIpc) is 2.31. The molecule has 0 spiro atoms. The maximum absolute atomic E-state index is 10.8. The third-order valence-electron chi connectivity index (χ3n) is 2.03. The van der Waals surface area contributed by atoms with E-state index in [4.69, 9.17) is 9.47 Å². The minimum Gasteiger partial charge on any atom is -0.491 e. The predicted molar refractivity (Wildman–Crippen MR) is 64.3 cm³/mol. The number of methoxy groups -OCH3 is 1. The van der Waals surface area contributed by atoms with E-state index < -0.39 is 0 Å². The molecule has 0 radical (unpaired) electrons. The van der Waals surface area contributed by atoms with Gasteiger partial charge in [-0.2, -0.15) is 0 Å². The van der Waals surface area contributed by atoms with Gasteiger partial charge >= 0.3 is 0 Å². The van der Waals surface area contributed by atoms with Gasteiger partial charge in [0.1, 0.15) is 5.69 Å². The zero-order chi connectivity index (χ0) is 12.0. The first kappa shape index (κ1) is 13.0. The van der Waals surface area contributed by atoms with Gasteiger partial charge in [0, 0.05) is 6.20 Å². The van der Waals surface area contributed by atoms with Crippen LogP contribution in [0.15, 0.2) is 10.7 Å². The van der Waals surface area contributed by atoms with Crippen molar-refractivity contribution in [1.82, 2.24) is 4.98 Å². The largest absolute Gasteiger partial charge is 0.491 e. The van der Waals surface area contributed by atoms with Crippen LogP contribution in [0.25, 0.3) is 0 Å². The SMILES string of the molecule is CCCCOc1c(Br)cnc(C=O)c1OC. The molecule has 0 bridgehead atoms. The van der Waals surface area contributed by atoms with E-state index in [2.05, 4.69) is 27.8 Å². The number of hydrogen-bond donors (Lipinski definition) is 0. The van der Waals surface area contributed by atoms with Crippen LogP contribution >= 0.6 is 15.9 Å². The number of carbonyl (C=O) groups excluding carboxylic acids is 1. The summed E-state index contributed by atoms with van der Waals surface area (Å²) in [5.74, 6) is 0.911. The van der Waals surface area contributed by atoms with Crippen LogP contribution in [-0.2, 0) is 0 Å². The Bertz CT molecular complexity index is 368. The van der Waals surface area contributed by atoms with Crippen LogP contribution in [0, 0.1) is 0 Å². The fourth-order valence-electron chi connectivity index (χ4n) is 1.20. The molecule has 4 nitrogen and oxygen atoms in total. The van der Waals surface area contributed by atoms with Crippen molar-refractivity contribution in [3.8, 4) is 11.5 Å². The Labute approximate surface area is 103 Å².